The van der Waals surface area contributed by atoms with Crippen LogP contribution in [0.25, 0.3) is 11.5 Å². The van der Waals surface area contributed by atoms with Crippen molar-refractivity contribution in [2.24, 2.45) is 5.92 Å². The van der Waals surface area contributed by atoms with Crippen LogP contribution in [0.4, 0.5) is 5.69 Å². The number of aryl methyl sites for hydroxylation is 1. The fourth-order valence-corrected chi connectivity index (χ4v) is 1.90. The van der Waals surface area contributed by atoms with Crippen molar-refractivity contribution in [2.45, 2.75) is 26.2 Å². The number of rotatable bonds is 3. The predicted molar refractivity (Wildman–Crippen MR) is 72.6 cm³/mol. The summed E-state index contributed by atoms with van der Waals surface area (Å²) >= 11 is 0. The number of hydrogen-bond acceptors (Lipinski definition) is 4. The zero-order valence-corrected chi connectivity index (χ0v) is 11.0. The van der Waals surface area contributed by atoms with E-state index in [4.69, 9.17) is 10.3 Å². The van der Waals surface area contributed by atoms with E-state index >= 15 is 0 Å². The molecule has 3 rings (SSSR count). The molecule has 1 aliphatic rings. The van der Waals surface area contributed by atoms with Crippen LogP contribution in [-0.4, -0.2) is 10.1 Å². The lowest BCUT2D eigenvalue weighted by atomic mass is 10.1. The zero-order chi connectivity index (χ0) is 11.8. The van der Waals surface area contributed by atoms with Gasteiger partial charge in [-0.1, -0.05) is 11.2 Å². The molecule has 1 aromatic heterocycles. The number of nitrogen functional groups attached to an aromatic ring is 1. The van der Waals surface area contributed by atoms with Gasteiger partial charge in [-0.25, -0.2) is 0 Å². The lowest BCUT2D eigenvalue weighted by Crippen LogP contribution is -1.91. The Kier molecular flexibility index (Phi) is 3.57. The van der Waals surface area contributed by atoms with E-state index in [0.29, 0.717) is 11.6 Å². The average Bonchev–Trinajstić information content (AvgIpc) is 2.99. The van der Waals surface area contributed by atoms with Crippen LogP contribution in [0.2, 0.25) is 0 Å². The number of nitrogens with two attached hydrogens (primary N) is 1. The molecule has 18 heavy (non-hydrogen) atoms. The van der Waals surface area contributed by atoms with Crippen molar-refractivity contribution >= 4 is 18.1 Å². The second-order valence-corrected chi connectivity index (χ2v) is 4.74. The van der Waals surface area contributed by atoms with Crippen molar-refractivity contribution in [3.8, 4) is 11.5 Å². The number of halogens is 1. The Balaban J connectivity index is 0.00000120. The molecule has 0 radical (unpaired) electrons. The summed E-state index contributed by atoms with van der Waals surface area (Å²) in [6.45, 7) is 2.01. The van der Waals surface area contributed by atoms with Gasteiger partial charge in [-0.3, -0.25) is 0 Å². The third-order valence-corrected chi connectivity index (χ3v) is 3.13. The number of nitrogens with zero attached hydrogens (tertiary/aromatic N) is 2. The molecule has 96 valence electrons. The Bertz CT molecular complexity index is 549. The van der Waals surface area contributed by atoms with Crippen LogP contribution in [0.5, 0.6) is 0 Å². The Hall–Kier alpha value is -1.55. The molecule has 0 bridgehead atoms. The van der Waals surface area contributed by atoms with E-state index in [9.17, 15) is 0 Å². The summed E-state index contributed by atoms with van der Waals surface area (Å²) in [6, 6.07) is 5.72. The number of anilines is 1. The molecule has 4 nitrogen and oxygen atoms in total. The molecule has 0 amide bonds. The van der Waals surface area contributed by atoms with Gasteiger partial charge in [0.2, 0.25) is 0 Å². The summed E-state index contributed by atoms with van der Waals surface area (Å²) in [4.78, 5) is 4.43. The molecule has 1 aromatic carbocycles. The third-order valence-electron chi connectivity index (χ3n) is 3.13. The van der Waals surface area contributed by atoms with Crippen LogP contribution in [0.3, 0.4) is 0 Å². The van der Waals surface area contributed by atoms with Gasteiger partial charge in [0.25, 0.3) is 5.89 Å². The second-order valence-electron chi connectivity index (χ2n) is 4.74. The first-order chi connectivity index (χ1) is 8.22. The Morgan fingerprint density at radius 3 is 2.89 bits per heavy atom. The maximum atomic E-state index is 5.77. The summed E-state index contributed by atoms with van der Waals surface area (Å²) in [7, 11) is 0. The lowest BCUT2D eigenvalue weighted by molar-refractivity contribution is 0.421. The summed E-state index contributed by atoms with van der Waals surface area (Å²) in [5.74, 6) is 2.15. The van der Waals surface area contributed by atoms with E-state index in [1.807, 2.05) is 25.1 Å². The van der Waals surface area contributed by atoms with Crippen LogP contribution in [0.1, 0.15) is 24.2 Å². The van der Waals surface area contributed by atoms with Crippen LogP contribution in [-0.2, 0) is 6.42 Å². The maximum Gasteiger partial charge on any atom is 0.258 e. The molecule has 0 spiro atoms. The van der Waals surface area contributed by atoms with Crippen LogP contribution in [0.15, 0.2) is 22.7 Å². The Labute approximate surface area is 112 Å². The minimum Gasteiger partial charge on any atom is -0.399 e. The summed E-state index contributed by atoms with van der Waals surface area (Å²) < 4.78 is 5.30. The first-order valence-corrected chi connectivity index (χ1v) is 5.91. The minimum atomic E-state index is 0. The van der Waals surface area contributed by atoms with Gasteiger partial charge >= 0.3 is 0 Å². The standard InChI is InChI=1S/C13H15N3O.ClH/c1-8-2-5-10(14)7-11(8)13-15-12(16-17-13)6-9-3-4-9;/h2,5,7,9H,3-4,6,14H2,1H3;1H. The smallest absolute Gasteiger partial charge is 0.258 e. The molecule has 1 saturated carbocycles. The van der Waals surface area contributed by atoms with Crippen molar-refractivity contribution in [2.75, 3.05) is 5.73 Å². The molecular weight excluding hydrogens is 250 g/mol. The van der Waals surface area contributed by atoms with Crippen molar-refractivity contribution in [3.63, 3.8) is 0 Å². The van der Waals surface area contributed by atoms with E-state index in [-0.39, 0.29) is 12.4 Å². The number of hydrogen-bond donors (Lipinski definition) is 1. The maximum absolute atomic E-state index is 5.77. The minimum absolute atomic E-state index is 0. The highest BCUT2D eigenvalue weighted by Crippen LogP contribution is 2.32. The van der Waals surface area contributed by atoms with Gasteiger partial charge in [0.1, 0.15) is 0 Å². The summed E-state index contributed by atoms with van der Waals surface area (Å²) in [5, 5.41) is 4.02. The van der Waals surface area contributed by atoms with E-state index < -0.39 is 0 Å². The van der Waals surface area contributed by atoms with Gasteiger partial charge in [0.15, 0.2) is 5.82 Å². The molecule has 1 heterocycles. The largest absolute Gasteiger partial charge is 0.399 e. The van der Waals surface area contributed by atoms with Crippen LogP contribution >= 0.6 is 12.4 Å². The topological polar surface area (TPSA) is 64.9 Å². The van der Waals surface area contributed by atoms with Crippen molar-refractivity contribution in [1.82, 2.24) is 10.1 Å². The number of aromatic nitrogens is 2. The first-order valence-electron chi connectivity index (χ1n) is 5.91. The Morgan fingerprint density at radius 1 is 1.39 bits per heavy atom. The van der Waals surface area contributed by atoms with E-state index in [0.717, 1.165) is 29.3 Å². The van der Waals surface area contributed by atoms with Crippen molar-refractivity contribution in [3.05, 3.63) is 29.6 Å². The quantitative estimate of drug-likeness (QED) is 0.867. The molecule has 0 unspecified atom stereocenters. The molecule has 2 aromatic rings. The summed E-state index contributed by atoms with van der Waals surface area (Å²) in [5.41, 5.74) is 8.52. The number of benzene rings is 1. The molecule has 0 atom stereocenters. The van der Waals surface area contributed by atoms with Gasteiger partial charge in [0.05, 0.1) is 0 Å². The lowest BCUT2D eigenvalue weighted by Gasteiger charge is -2.01. The van der Waals surface area contributed by atoms with Crippen LogP contribution < -0.4 is 5.73 Å². The highest BCUT2D eigenvalue weighted by atomic mass is 35.5. The predicted octanol–water partition coefficient (Wildman–Crippen LogP) is 3.00. The van der Waals surface area contributed by atoms with Crippen LogP contribution in [0, 0.1) is 12.8 Å². The van der Waals surface area contributed by atoms with E-state index in [1.165, 1.54) is 12.8 Å². The fourth-order valence-electron chi connectivity index (χ4n) is 1.90. The molecule has 0 saturated heterocycles. The highest BCUT2D eigenvalue weighted by Gasteiger charge is 2.24. The van der Waals surface area contributed by atoms with Gasteiger partial charge in [-0.2, -0.15) is 4.98 Å². The molecular formula is C13H16ClN3O. The molecule has 1 fully saturated rings. The highest BCUT2D eigenvalue weighted by molar-refractivity contribution is 5.85. The van der Waals surface area contributed by atoms with Gasteiger partial charge in [0, 0.05) is 17.7 Å². The monoisotopic (exact) mass is 265 g/mol. The van der Waals surface area contributed by atoms with Crippen molar-refractivity contribution < 1.29 is 4.52 Å². The molecule has 2 N–H and O–H groups in total. The normalized spacial score (nSPS) is 14.3. The molecule has 1 aliphatic carbocycles. The zero-order valence-electron chi connectivity index (χ0n) is 10.2. The fraction of sp³-hybridized carbons (Fsp3) is 0.385. The van der Waals surface area contributed by atoms with Gasteiger partial charge in [-0.05, 0) is 43.4 Å². The average molecular weight is 266 g/mol. The van der Waals surface area contributed by atoms with Crippen molar-refractivity contribution in [1.29, 1.82) is 0 Å². The SMILES string of the molecule is Cc1ccc(N)cc1-c1nc(CC2CC2)no1.Cl. The second kappa shape index (κ2) is 4.98. The first kappa shape index (κ1) is 12.9. The summed E-state index contributed by atoms with van der Waals surface area (Å²) in [6.07, 6.45) is 3.52. The Morgan fingerprint density at radius 2 is 2.17 bits per heavy atom. The van der Waals surface area contributed by atoms with E-state index in [2.05, 4.69) is 10.1 Å². The van der Waals surface area contributed by atoms with Gasteiger partial charge < -0.3 is 10.3 Å². The molecule has 5 heteroatoms. The van der Waals surface area contributed by atoms with E-state index in [1.54, 1.807) is 0 Å². The third kappa shape index (κ3) is 2.64. The van der Waals surface area contributed by atoms with Gasteiger partial charge in [-0.15, -0.1) is 12.4 Å². The molecule has 0 aliphatic heterocycles.